The van der Waals surface area contributed by atoms with Crippen molar-refractivity contribution in [1.29, 1.82) is 0 Å². The summed E-state index contributed by atoms with van der Waals surface area (Å²) < 4.78 is 16.3. The van der Waals surface area contributed by atoms with Crippen LogP contribution in [-0.4, -0.2) is 80.1 Å². The second kappa shape index (κ2) is 13.7. The Hall–Kier alpha value is -3.82. The fraction of sp³-hybridized carbons (Fsp3) is 0.424. The number of nitrogens with zero attached hydrogens (tertiary/aromatic N) is 3. The van der Waals surface area contributed by atoms with Gasteiger partial charge in [-0.1, -0.05) is 36.4 Å². The summed E-state index contributed by atoms with van der Waals surface area (Å²) in [5, 5.41) is 0. The van der Waals surface area contributed by atoms with E-state index in [4.69, 9.17) is 19.9 Å². The Labute approximate surface area is 259 Å². The van der Waals surface area contributed by atoms with Crippen LogP contribution in [0.5, 0.6) is 17.2 Å². The van der Waals surface area contributed by atoms with Crippen molar-refractivity contribution in [2.75, 3.05) is 47.5 Å². The van der Waals surface area contributed by atoms with Crippen molar-refractivity contribution in [3.05, 3.63) is 83.7 Å². The number of amides is 2. The highest BCUT2D eigenvalue weighted by Gasteiger charge is 2.51. The Morgan fingerprint density at radius 3 is 2.26 bits per heavy atom. The van der Waals surface area contributed by atoms with Crippen LogP contribution in [0.4, 0.5) is 0 Å². The summed E-state index contributed by atoms with van der Waals surface area (Å²) in [6, 6.07) is 17.5. The van der Waals surface area contributed by atoms with E-state index < -0.39 is 5.41 Å². The number of pyridine rings is 1. The fourth-order valence-electron chi connectivity index (χ4n) is 6.89. The van der Waals surface area contributed by atoms with E-state index in [2.05, 4.69) is 16.8 Å². The fourth-order valence-corrected chi connectivity index (χ4v) is 6.89. The topological polar surface area (TPSA) is 107 Å². The van der Waals surface area contributed by atoms with Crippen molar-refractivity contribution in [3.8, 4) is 17.2 Å². The molecule has 0 aliphatic carbocycles. The van der Waals surface area contributed by atoms with Crippen molar-refractivity contribution in [1.82, 2.24) is 14.8 Å². The van der Waals surface area contributed by atoms with Gasteiger partial charge in [-0.05, 0) is 61.6 Å². The number of rotatable bonds is 9. The Morgan fingerprint density at radius 1 is 0.977 bits per heavy atom. The lowest BCUT2D eigenvalue weighted by Crippen LogP contribution is -2.57. The van der Waals surface area contributed by atoms with E-state index in [1.54, 1.807) is 39.7 Å². The number of aromatic nitrogens is 1. The molecular formula is C33H41ClN4O5. The SMILES string of the molecule is COc1cc(C(=O)N2CCC(C(C)N3CCC(C(N)=O)(c4ccccc4)C(c4cccnc4)C3)C2)cc(OC)c1OC.Cl. The highest BCUT2D eigenvalue weighted by Crippen LogP contribution is 2.46. The van der Waals surface area contributed by atoms with Gasteiger partial charge < -0.3 is 24.8 Å². The highest BCUT2D eigenvalue weighted by atomic mass is 35.5. The average molecular weight is 609 g/mol. The van der Waals surface area contributed by atoms with E-state index in [1.165, 1.54) is 0 Å². The maximum absolute atomic E-state index is 13.6. The van der Waals surface area contributed by atoms with E-state index in [0.717, 1.165) is 24.1 Å². The van der Waals surface area contributed by atoms with Crippen molar-refractivity contribution in [2.45, 2.75) is 37.1 Å². The number of primary amides is 1. The maximum atomic E-state index is 13.6. The molecule has 4 unspecified atom stereocenters. The van der Waals surface area contributed by atoms with E-state index in [9.17, 15) is 9.59 Å². The zero-order chi connectivity index (χ0) is 29.9. The number of carbonyl (C=O) groups excluding carboxylic acids is 2. The summed E-state index contributed by atoms with van der Waals surface area (Å²) in [6.07, 6.45) is 5.11. The number of hydrogen-bond donors (Lipinski definition) is 1. The van der Waals surface area contributed by atoms with Crippen LogP contribution >= 0.6 is 12.4 Å². The standard InChI is InChI=1S/C33H40N4O5.ClH/c1-22(24-12-15-37(20-24)31(38)25-17-28(40-2)30(42-4)29(18-25)41-3)36-16-13-33(32(34)39,26-10-6-5-7-11-26)27(21-36)23-9-8-14-35-19-23;/h5-11,14,17-19,22,24,27H,12-13,15-16,20-21H2,1-4H3,(H2,34,39);1H. The number of ether oxygens (including phenoxy) is 3. The second-order valence-corrected chi connectivity index (χ2v) is 11.2. The quantitative estimate of drug-likeness (QED) is 0.386. The van der Waals surface area contributed by atoms with Gasteiger partial charge in [0.05, 0.1) is 26.7 Å². The molecule has 3 aromatic rings. The minimum Gasteiger partial charge on any atom is -0.493 e. The number of methoxy groups -OCH3 is 3. The summed E-state index contributed by atoms with van der Waals surface area (Å²) >= 11 is 0. The first-order chi connectivity index (χ1) is 20.3. The lowest BCUT2D eigenvalue weighted by molar-refractivity contribution is -0.126. The van der Waals surface area contributed by atoms with E-state index in [1.807, 2.05) is 53.6 Å². The van der Waals surface area contributed by atoms with Gasteiger partial charge >= 0.3 is 0 Å². The minimum absolute atomic E-state index is 0. The molecule has 3 heterocycles. The van der Waals surface area contributed by atoms with Crippen LogP contribution in [0.2, 0.25) is 0 Å². The van der Waals surface area contributed by atoms with Gasteiger partial charge in [0.25, 0.3) is 5.91 Å². The third-order valence-electron chi connectivity index (χ3n) is 9.30. The monoisotopic (exact) mass is 608 g/mol. The molecule has 2 aliphatic heterocycles. The second-order valence-electron chi connectivity index (χ2n) is 11.2. The number of carbonyl (C=O) groups is 2. The molecule has 0 bridgehead atoms. The van der Waals surface area contributed by atoms with Crippen LogP contribution in [0.1, 0.15) is 47.2 Å². The van der Waals surface area contributed by atoms with Gasteiger partial charge in [0.1, 0.15) is 0 Å². The van der Waals surface area contributed by atoms with Gasteiger partial charge in [-0.2, -0.15) is 0 Å². The summed E-state index contributed by atoms with van der Waals surface area (Å²) in [5.41, 5.74) is 7.85. The van der Waals surface area contributed by atoms with Crippen LogP contribution in [0.3, 0.4) is 0 Å². The summed E-state index contributed by atoms with van der Waals surface area (Å²) in [6.45, 7) is 4.94. The van der Waals surface area contributed by atoms with Gasteiger partial charge in [0.15, 0.2) is 11.5 Å². The summed E-state index contributed by atoms with van der Waals surface area (Å²) in [7, 11) is 4.63. The normalized spacial score (nSPS) is 22.7. The number of likely N-dealkylation sites (tertiary alicyclic amines) is 2. The van der Waals surface area contributed by atoms with Crippen LogP contribution in [0.25, 0.3) is 0 Å². The predicted octanol–water partition coefficient (Wildman–Crippen LogP) is 4.29. The number of hydrogen-bond acceptors (Lipinski definition) is 7. The van der Waals surface area contributed by atoms with Gasteiger partial charge in [-0.3, -0.25) is 19.5 Å². The largest absolute Gasteiger partial charge is 0.493 e. The highest BCUT2D eigenvalue weighted by molar-refractivity contribution is 5.96. The van der Waals surface area contributed by atoms with Crippen LogP contribution in [-0.2, 0) is 10.2 Å². The Kier molecular flexibility index (Phi) is 10.2. The lowest BCUT2D eigenvalue weighted by Gasteiger charge is -2.49. The number of piperidine rings is 1. The van der Waals surface area contributed by atoms with E-state index in [0.29, 0.717) is 48.9 Å². The van der Waals surface area contributed by atoms with E-state index in [-0.39, 0.29) is 42.1 Å². The third kappa shape index (κ3) is 6.01. The first-order valence-electron chi connectivity index (χ1n) is 14.4. The van der Waals surface area contributed by atoms with E-state index >= 15 is 0 Å². The molecule has 10 heteroatoms. The number of halogens is 1. The Balaban J connectivity index is 0.00000423. The number of benzene rings is 2. The van der Waals surface area contributed by atoms with Gasteiger partial charge in [0, 0.05) is 49.6 Å². The number of nitrogens with two attached hydrogens (primary N) is 1. The molecule has 1 aromatic heterocycles. The predicted molar refractivity (Wildman–Crippen MR) is 167 cm³/mol. The molecule has 4 atom stereocenters. The molecule has 2 aliphatic rings. The first kappa shape index (κ1) is 32.1. The first-order valence-corrected chi connectivity index (χ1v) is 14.4. The summed E-state index contributed by atoms with van der Waals surface area (Å²) in [4.78, 5) is 35.6. The smallest absolute Gasteiger partial charge is 0.254 e. The molecule has 230 valence electrons. The Bertz CT molecular complexity index is 1380. The van der Waals surface area contributed by atoms with Crippen molar-refractivity contribution < 1.29 is 23.8 Å². The zero-order valence-electron chi connectivity index (χ0n) is 25.2. The average Bonchev–Trinajstić information content (AvgIpc) is 3.54. The molecule has 2 N–H and O–H groups in total. The van der Waals surface area contributed by atoms with Gasteiger partial charge in [-0.15, -0.1) is 12.4 Å². The molecule has 2 amide bonds. The van der Waals surface area contributed by atoms with Gasteiger partial charge in [0.2, 0.25) is 11.7 Å². The third-order valence-corrected chi connectivity index (χ3v) is 9.30. The molecule has 0 radical (unpaired) electrons. The zero-order valence-corrected chi connectivity index (χ0v) is 26.0. The van der Waals surface area contributed by atoms with Crippen molar-refractivity contribution >= 4 is 24.2 Å². The van der Waals surface area contributed by atoms with Gasteiger partial charge in [-0.25, -0.2) is 0 Å². The molecule has 9 nitrogen and oxygen atoms in total. The molecular weight excluding hydrogens is 568 g/mol. The minimum atomic E-state index is -0.829. The Morgan fingerprint density at radius 2 is 1.67 bits per heavy atom. The van der Waals surface area contributed by atoms with Crippen LogP contribution < -0.4 is 19.9 Å². The van der Waals surface area contributed by atoms with Crippen molar-refractivity contribution in [3.63, 3.8) is 0 Å². The molecule has 5 rings (SSSR count). The summed E-state index contributed by atoms with van der Waals surface area (Å²) in [5.74, 6) is 1.13. The van der Waals surface area contributed by atoms with Crippen LogP contribution in [0, 0.1) is 5.92 Å². The molecule has 43 heavy (non-hydrogen) atoms. The molecule has 2 fully saturated rings. The molecule has 0 saturated carbocycles. The van der Waals surface area contributed by atoms with Crippen molar-refractivity contribution in [2.24, 2.45) is 11.7 Å². The molecule has 0 spiro atoms. The maximum Gasteiger partial charge on any atom is 0.254 e. The van der Waals surface area contributed by atoms with Crippen LogP contribution in [0.15, 0.2) is 67.0 Å². The lowest BCUT2D eigenvalue weighted by atomic mass is 9.63. The molecule has 2 saturated heterocycles. The molecule has 2 aromatic carbocycles.